The standard InChI is InChI=1S/C28H24ClN3O3/c1-35-22-9-5-17(6-10-22)14-31-27(33)19-4-2-3-18(11-19)23-13-25(23)28(34)32-21-8-7-20-15-30-16-26(29)24(20)12-21/h2-12,15-16,23,25H,13-14H2,1H3,(H,31,33)(H,32,34)/t23-,25+/m0/s1. The van der Waals surface area contributed by atoms with E-state index in [0.717, 1.165) is 34.1 Å². The molecule has 2 N–H and O–H groups in total. The Morgan fingerprint density at radius 1 is 1.06 bits per heavy atom. The predicted octanol–water partition coefficient (Wildman–Crippen LogP) is 5.57. The molecule has 0 aliphatic heterocycles. The van der Waals surface area contributed by atoms with E-state index in [1.165, 1.54) is 0 Å². The number of fused-ring (bicyclic) bond motifs is 1. The van der Waals surface area contributed by atoms with Gasteiger partial charge in [-0.25, -0.2) is 0 Å². The summed E-state index contributed by atoms with van der Waals surface area (Å²) in [6.45, 7) is 0.424. The average Bonchev–Trinajstić information content (AvgIpc) is 3.70. The van der Waals surface area contributed by atoms with Crippen LogP contribution in [0.4, 0.5) is 5.69 Å². The van der Waals surface area contributed by atoms with Crippen LogP contribution in [0.5, 0.6) is 5.75 Å². The smallest absolute Gasteiger partial charge is 0.251 e. The number of amides is 2. The number of pyridine rings is 1. The number of anilines is 1. The fraction of sp³-hybridized carbons (Fsp3) is 0.179. The molecule has 2 atom stereocenters. The quantitative estimate of drug-likeness (QED) is 0.358. The minimum absolute atomic E-state index is 0.0334. The van der Waals surface area contributed by atoms with Crippen LogP contribution in [0.25, 0.3) is 10.8 Å². The summed E-state index contributed by atoms with van der Waals surface area (Å²) in [5, 5.41) is 8.26. The third kappa shape index (κ3) is 5.12. The van der Waals surface area contributed by atoms with E-state index in [4.69, 9.17) is 16.3 Å². The van der Waals surface area contributed by atoms with Gasteiger partial charge in [0.05, 0.1) is 12.1 Å². The van der Waals surface area contributed by atoms with Crippen LogP contribution >= 0.6 is 11.6 Å². The van der Waals surface area contributed by atoms with E-state index in [1.807, 2.05) is 60.7 Å². The van der Waals surface area contributed by atoms with Gasteiger partial charge in [-0.1, -0.05) is 41.9 Å². The van der Waals surface area contributed by atoms with Crippen molar-refractivity contribution in [3.63, 3.8) is 0 Å². The number of carbonyl (C=O) groups is 2. The van der Waals surface area contributed by atoms with Gasteiger partial charge in [-0.3, -0.25) is 14.6 Å². The van der Waals surface area contributed by atoms with Crippen LogP contribution in [-0.4, -0.2) is 23.9 Å². The van der Waals surface area contributed by atoms with Gasteiger partial charge >= 0.3 is 0 Å². The maximum Gasteiger partial charge on any atom is 0.251 e. The van der Waals surface area contributed by atoms with Crippen molar-refractivity contribution in [2.75, 3.05) is 12.4 Å². The molecule has 0 radical (unpaired) electrons. The van der Waals surface area contributed by atoms with Crippen LogP contribution in [0.1, 0.15) is 33.8 Å². The van der Waals surface area contributed by atoms with Crippen LogP contribution in [-0.2, 0) is 11.3 Å². The lowest BCUT2D eigenvalue weighted by Gasteiger charge is -2.09. The maximum atomic E-state index is 12.9. The molecule has 0 spiro atoms. The second kappa shape index (κ2) is 9.76. The molecule has 176 valence electrons. The first-order valence-corrected chi connectivity index (χ1v) is 11.7. The molecule has 0 saturated heterocycles. The lowest BCUT2D eigenvalue weighted by molar-refractivity contribution is -0.117. The second-order valence-corrected chi connectivity index (χ2v) is 9.06. The summed E-state index contributed by atoms with van der Waals surface area (Å²) in [5.41, 5.74) is 3.27. The van der Waals surface area contributed by atoms with E-state index in [2.05, 4.69) is 15.6 Å². The minimum atomic E-state index is -0.146. The Morgan fingerprint density at radius 3 is 2.69 bits per heavy atom. The molecule has 2 amide bonds. The minimum Gasteiger partial charge on any atom is -0.497 e. The lowest BCUT2D eigenvalue weighted by Crippen LogP contribution is -2.22. The number of nitrogens with zero attached hydrogens (tertiary/aromatic N) is 1. The normalized spacial score (nSPS) is 16.5. The molecule has 35 heavy (non-hydrogen) atoms. The number of aromatic nitrogens is 1. The molecular weight excluding hydrogens is 462 g/mol. The highest BCUT2D eigenvalue weighted by atomic mass is 35.5. The molecule has 0 bridgehead atoms. The zero-order valence-corrected chi connectivity index (χ0v) is 19.9. The number of hydrogen-bond acceptors (Lipinski definition) is 4. The number of rotatable bonds is 7. The van der Waals surface area contributed by atoms with Crippen LogP contribution in [0.15, 0.2) is 79.1 Å². The van der Waals surface area contributed by atoms with Crippen LogP contribution in [0.2, 0.25) is 5.02 Å². The van der Waals surface area contributed by atoms with E-state index in [-0.39, 0.29) is 23.7 Å². The Hall–Kier alpha value is -3.90. The second-order valence-electron chi connectivity index (χ2n) is 8.65. The topological polar surface area (TPSA) is 80.3 Å². The van der Waals surface area contributed by atoms with Gasteiger partial charge in [0.15, 0.2) is 0 Å². The number of hydrogen-bond donors (Lipinski definition) is 2. The third-order valence-electron chi connectivity index (χ3n) is 6.30. The molecule has 6 nitrogen and oxygen atoms in total. The first-order valence-electron chi connectivity index (χ1n) is 11.4. The number of nitrogens with one attached hydrogen (secondary N) is 2. The van der Waals surface area contributed by atoms with Crippen molar-refractivity contribution >= 4 is 39.9 Å². The largest absolute Gasteiger partial charge is 0.497 e. The average molecular weight is 486 g/mol. The summed E-state index contributed by atoms with van der Waals surface area (Å²) in [6, 6.07) is 20.7. The zero-order valence-electron chi connectivity index (χ0n) is 19.1. The van der Waals surface area contributed by atoms with Crippen LogP contribution < -0.4 is 15.4 Å². The molecule has 0 unspecified atom stereocenters. The highest BCUT2D eigenvalue weighted by molar-refractivity contribution is 6.35. The van der Waals surface area contributed by atoms with Crippen molar-refractivity contribution in [3.05, 3.63) is 101 Å². The Kier molecular flexibility index (Phi) is 6.38. The van der Waals surface area contributed by atoms with E-state index < -0.39 is 0 Å². The summed E-state index contributed by atoms with van der Waals surface area (Å²) < 4.78 is 5.16. The van der Waals surface area contributed by atoms with Gasteiger partial charge in [0.25, 0.3) is 5.91 Å². The van der Waals surface area contributed by atoms with Crippen molar-refractivity contribution < 1.29 is 14.3 Å². The van der Waals surface area contributed by atoms with Gasteiger partial charge < -0.3 is 15.4 Å². The molecule has 5 rings (SSSR count). The van der Waals surface area contributed by atoms with Gasteiger partial charge in [0, 0.05) is 46.9 Å². The van der Waals surface area contributed by atoms with E-state index in [1.54, 1.807) is 25.6 Å². The van der Waals surface area contributed by atoms with E-state index in [0.29, 0.717) is 22.8 Å². The van der Waals surface area contributed by atoms with Gasteiger partial charge in [0.1, 0.15) is 5.75 Å². The Balaban J connectivity index is 1.20. The monoisotopic (exact) mass is 485 g/mol. The van der Waals surface area contributed by atoms with Crippen molar-refractivity contribution in [3.8, 4) is 5.75 Å². The Bertz CT molecular complexity index is 1400. The fourth-order valence-electron chi connectivity index (χ4n) is 4.23. The van der Waals surface area contributed by atoms with E-state index in [9.17, 15) is 9.59 Å². The number of ether oxygens (including phenoxy) is 1. The molecule has 1 saturated carbocycles. The van der Waals surface area contributed by atoms with Gasteiger partial charge in [-0.05, 0) is 59.9 Å². The van der Waals surface area contributed by atoms with Crippen molar-refractivity contribution in [1.82, 2.24) is 10.3 Å². The maximum absolute atomic E-state index is 12.9. The number of carbonyl (C=O) groups excluding carboxylic acids is 2. The first-order chi connectivity index (χ1) is 17.0. The molecule has 7 heteroatoms. The van der Waals surface area contributed by atoms with Crippen molar-refractivity contribution in [1.29, 1.82) is 0 Å². The summed E-state index contributed by atoms with van der Waals surface area (Å²) >= 11 is 6.24. The summed E-state index contributed by atoms with van der Waals surface area (Å²) in [5.74, 6) is 0.562. The number of benzene rings is 3. The molecule has 1 aliphatic carbocycles. The summed E-state index contributed by atoms with van der Waals surface area (Å²) in [6.07, 6.45) is 4.08. The molecule has 1 fully saturated rings. The lowest BCUT2D eigenvalue weighted by atomic mass is 10.0. The summed E-state index contributed by atoms with van der Waals surface area (Å²) in [7, 11) is 1.62. The molecule has 1 heterocycles. The summed E-state index contributed by atoms with van der Waals surface area (Å²) in [4.78, 5) is 29.6. The van der Waals surface area contributed by atoms with Gasteiger partial charge in [0.2, 0.25) is 5.91 Å². The fourth-order valence-corrected chi connectivity index (χ4v) is 4.45. The zero-order chi connectivity index (χ0) is 24.4. The molecule has 1 aliphatic rings. The first kappa shape index (κ1) is 22.9. The third-order valence-corrected chi connectivity index (χ3v) is 6.60. The molecule has 3 aromatic carbocycles. The molecule has 1 aromatic heterocycles. The van der Waals surface area contributed by atoms with E-state index >= 15 is 0 Å². The van der Waals surface area contributed by atoms with Crippen LogP contribution in [0, 0.1) is 5.92 Å². The number of methoxy groups -OCH3 is 1. The Morgan fingerprint density at radius 2 is 1.89 bits per heavy atom. The van der Waals surface area contributed by atoms with Crippen molar-refractivity contribution in [2.45, 2.75) is 18.9 Å². The SMILES string of the molecule is COc1ccc(CNC(=O)c2cccc([C@@H]3C[C@H]3C(=O)Nc3ccc4cncc(Cl)c4c3)c2)cc1. The highest BCUT2D eigenvalue weighted by Crippen LogP contribution is 2.48. The predicted molar refractivity (Wildman–Crippen MR) is 137 cm³/mol. The molecule has 4 aromatic rings. The van der Waals surface area contributed by atoms with Crippen molar-refractivity contribution in [2.24, 2.45) is 5.92 Å². The molecular formula is C28H24ClN3O3. The highest BCUT2D eigenvalue weighted by Gasteiger charge is 2.44. The van der Waals surface area contributed by atoms with Gasteiger partial charge in [-0.2, -0.15) is 0 Å². The van der Waals surface area contributed by atoms with Gasteiger partial charge in [-0.15, -0.1) is 0 Å². The van der Waals surface area contributed by atoms with Crippen LogP contribution in [0.3, 0.4) is 0 Å². The Labute approximate surface area is 208 Å². The number of halogens is 1.